The van der Waals surface area contributed by atoms with Crippen LogP contribution in [0.2, 0.25) is 0 Å². The Balaban J connectivity index is 2.12. The first kappa shape index (κ1) is 12.7. The van der Waals surface area contributed by atoms with Crippen molar-refractivity contribution < 1.29 is 5.21 Å². The van der Waals surface area contributed by atoms with E-state index in [0.29, 0.717) is 0 Å². The Morgan fingerprint density at radius 1 is 1.50 bits per heavy atom. The first-order chi connectivity index (χ1) is 8.61. The van der Waals surface area contributed by atoms with Crippen LogP contribution >= 0.6 is 0 Å². The monoisotopic (exact) mass is 247 g/mol. The van der Waals surface area contributed by atoms with Gasteiger partial charge in [-0.1, -0.05) is 11.6 Å². The summed E-state index contributed by atoms with van der Waals surface area (Å²) in [6.45, 7) is 3.09. The molecule has 2 rings (SSSR count). The lowest BCUT2D eigenvalue weighted by Gasteiger charge is -2.31. The fourth-order valence-corrected chi connectivity index (χ4v) is 2.39. The van der Waals surface area contributed by atoms with E-state index >= 15 is 0 Å². The van der Waals surface area contributed by atoms with Crippen molar-refractivity contribution in [3.63, 3.8) is 0 Å². The quantitative estimate of drug-likeness (QED) is 0.371. The van der Waals surface area contributed by atoms with E-state index in [-0.39, 0.29) is 5.84 Å². The van der Waals surface area contributed by atoms with E-state index in [1.165, 1.54) is 24.9 Å². The second-order valence-electron chi connectivity index (χ2n) is 5.16. The number of nitrogens with zero attached hydrogens (tertiary/aromatic N) is 2. The third kappa shape index (κ3) is 2.58. The highest BCUT2D eigenvalue weighted by molar-refractivity contribution is 5.98. The topological polar surface area (TPSA) is 61.8 Å². The zero-order chi connectivity index (χ0) is 13.1. The molecule has 0 atom stereocenters. The molecule has 0 aromatic heterocycles. The smallest absolute Gasteiger partial charge is 0.170 e. The van der Waals surface area contributed by atoms with Crippen molar-refractivity contribution in [1.82, 2.24) is 0 Å². The second-order valence-corrected chi connectivity index (χ2v) is 5.16. The number of hydrogen-bond donors (Lipinski definition) is 2. The Bertz CT molecular complexity index is 452. The summed E-state index contributed by atoms with van der Waals surface area (Å²) in [6, 6.07) is 6.03. The molecule has 4 heteroatoms. The maximum Gasteiger partial charge on any atom is 0.170 e. The molecule has 0 heterocycles. The van der Waals surface area contributed by atoms with E-state index < -0.39 is 0 Å². The number of hydrogen-bond acceptors (Lipinski definition) is 3. The molecule has 1 aliphatic rings. The van der Waals surface area contributed by atoms with Crippen molar-refractivity contribution >= 4 is 11.5 Å². The molecule has 1 saturated carbocycles. The van der Waals surface area contributed by atoms with Gasteiger partial charge in [-0.3, -0.25) is 0 Å². The zero-order valence-corrected chi connectivity index (χ0v) is 11.1. The maximum absolute atomic E-state index is 8.70. The van der Waals surface area contributed by atoms with Crippen LogP contribution in [-0.4, -0.2) is 24.6 Å². The highest BCUT2D eigenvalue weighted by atomic mass is 16.4. The minimum atomic E-state index is 0.167. The summed E-state index contributed by atoms with van der Waals surface area (Å²) in [5.41, 5.74) is 8.63. The summed E-state index contributed by atoms with van der Waals surface area (Å²) >= 11 is 0. The van der Waals surface area contributed by atoms with Crippen molar-refractivity contribution in [2.75, 3.05) is 18.5 Å². The van der Waals surface area contributed by atoms with Gasteiger partial charge in [-0.2, -0.15) is 0 Å². The molecule has 0 radical (unpaired) electrons. The average Bonchev–Trinajstić information content (AvgIpc) is 2.32. The zero-order valence-electron chi connectivity index (χ0n) is 11.1. The molecule has 0 saturated heterocycles. The molecule has 3 N–H and O–H groups in total. The van der Waals surface area contributed by atoms with E-state index in [2.05, 4.69) is 23.2 Å². The van der Waals surface area contributed by atoms with E-state index in [9.17, 15) is 0 Å². The summed E-state index contributed by atoms with van der Waals surface area (Å²) in [7, 11) is 2.12. The summed E-state index contributed by atoms with van der Waals surface area (Å²) in [6.07, 6.45) is 4.08. The first-order valence-corrected chi connectivity index (χ1v) is 6.41. The van der Waals surface area contributed by atoms with Gasteiger partial charge in [-0.05, 0) is 49.4 Å². The van der Waals surface area contributed by atoms with E-state index in [1.807, 2.05) is 19.1 Å². The summed E-state index contributed by atoms with van der Waals surface area (Å²) < 4.78 is 0. The van der Waals surface area contributed by atoms with Crippen LogP contribution in [0.25, 0.3) is 0 Å². The molecule has 0 bridgehead atoms. The van der Waals surface area contributed by atoms with Crippen molar-refractivity contribution in [3.05, 3.63) is 29.3 Å². The SMILES string of the molecule is Cc1cc(N(C)CC2CCC2)ccc1/C(N)=N/O. The Morgan fingerprint density at radius 3 is 2.72 bits per heavy atom. The lowest BCUT2D eigenvalue weighted by atomic mass is 9.85. The van der Waals surface area contributed by atoms with Gasteiger partial charge in [-0.25, -0.2) is 0 Å². The number of benzene rings is 1. The number of anilines is 1. The van der Waals surface area contributed by atoms with Crippen LogP contribution in [-0.2, 0) is 0 Å². The third-order valence-corrected chi connectivity index (χ3v) is 3.79. The molecule has 1 aromatic carbocycles. The van der Waals surface area contributed by atoms with Gasteiger partial charge in [0, 0.05) is 24.8 Å². The molecular weight excluding hydrogens is 226 g/mol. The minimum Gasteiger partial charge on any atom is -0.409 e. The Kier molecular flexibility index (Phi) is 3.75. The summed E-state index contributed by atoms with van der Waals surface area (Å²) in [4.78, 5) is 2.28. The van der Waals surface area contributed by atoms with Crippen LogP contribution in [0.5, 0.6) is 0 Å². The largest absolute Gasteiger partial charge is 0.409 e. The predicted octanol–water partition coefficient (Wildman–Crippen LogP) is 2.33. The fraction of sp³-hybridized carbons (Fsp3) is 0.500. The van der Waals surface area contributed by atoms with Gasteiger partial charge < -0.3 is 15.8 Å². The van der Waals surface area contributed by atoms with Crippen molar-refractivity contribution in [2.24, 2.45) is 16.8 Å². The number of oxime groups is 1. The lowest BCUT2D eigenvalue weighted by Crippen LogP contribution is -2.29. The van der Waals surface area contributed by atoms with Crippen molar-refractivity contribution in [2.45, 2.75) is 26.2 Å². The number of rotatable bonds is 4. The predicted molar refractivity (Wildman–Crippen MR) is 74.3 cm³/mol. The minimum absolute atomic E-state index is 0.167. The van der Waals surface area contributed by atoms with Crippen LogP contribution in [0.1, 0.15) is 30.4 Å². The van der Waals surface area contributed by atoms with Crippen molar-refractivity contribution in [3.8, 4) is 0 Å². The van der Waals surface area contributed by atoms with E-state index in [0.717, 1.165) is 23.6 Å². The third-order valence-electron chi connectivity index (χ3n) is 3.79. The van der Waals surface area contributed by atoms with Gasteiger partial charge in [0.25, 0.3) is 0 Å². The van der Waals surface area contributed by atoms with Gasteiger partial charge in [0.1, 0.15) is 0 Å². The molecule has 0 amide bonds. The fourth-order valence-electron chi connectivity index (χ4n) is 2.39. The molecular formula is C14H21N3O. The number of aryl methyl sites for hydroxylation is 1. The van der Waals surface area contributed by atoms with Gasteiger partial charge in [0.15, 0.2) is 5.84 Å². The van der Waals surface area contributed by atoms with Crippen LogP contribution < -0.4 is 10.6 Å². The van der Waals surface area contributed by atoms with Gasteiger partial charge in [0.2, 0.25) is 0 Å². The van der Waals surface area contributed by atoms with Crippen LogP contribution in [0.15, 0.2) is 23.4 Å². The van der Waals surface area contributed by atoms with E-state index in [4.69, 9.17) is 10.9 Å². The standard InChI is InChI=1S/C14H21N3O/c1-10-8-12(6-7-13(10)14(15)16-18)17(2)9-11-4-3-5-11/h6-8,11,18H,3-5,9H2,1-2H3,(H2,15,16). The highest BCUT2D eigenvalue weighted by Crippen LogP contribution is 2.28. The summed E-state index contributed by atoms with van der Waals surface area (Å²) in [5, 5.41) is 11.7. The molecule has 0 aliphatic heterocycles. The van der Waals surface area contributed by atoms with E-state index in [1.54, 1.807) is 0 Å². The molecule has 0 unspecified atom stereocenters. The molecule has 1 fully saturated rings. The normalized spacial score (nSPS) is 16.4. The van der Waals surface area contributed by atoms with Gasteiger partial charge in [0.05, 0.1) is 0 Å². The summed E-state index contributed by atoms with van der Waals surface area (Å²) in [5.74, 6) is 1.01. The van der Waals surface area contributed by atoms with Crippen LogP contribution in [0.4, 0.5) is 5.69 Å². The second kappa shape index (κ2) is 5.29. The molecule has 1 aromatic rings. The molecule has 98 valence electrons. The van der Waals surface area contributed by atoms with Crippen LogP contribution in [0.3, 0.4) is 0 Å². The Hall–Kier alpha value is -1.71. The van der Waals surface area contributed by atoms with Gasteiger partial charge >= 0.3 is 0 Å². The Labute approximate surface area is 108 Å². The molecule has 4 nitrogen and oxygen atoms in total. The van der Waals surface area contributed by atoms with Crippen LogP contribution in [0, 0.1) is 12.8 Å². The molecule has 18 heavy (non-hydrogen) atoms. The highest BCUT2D eigenvalue weighted by Gasteiger charge is 2.19. The van der Waals surface area contributed by atoms with Crippen molar-refractivity contribution in [1.29, 1.82) is 0 Å². The number of nitrogens with two attached hydrogens (primary N) is 1. The number of amidine groups is 1. The Morgan fingerprint density at radius 2 is 2.22 bits per heavy atom. The van der Waals surface area contributed by atoms with Gasteiger partial charge in [-0.15, -0.1) is 0 Å². The lowest BCUT2D eigenvalue weighted by molar-refractivity contribution is 0.318. The maximum atomic E-state index is 8.70. The molecule has 1 aliphatic carbocycles. The first-order valence-electron chi connectivity index (χ1n) is 6.41. The average molecular weight is 247 g/mol. The molecule has 0 spiro atoms.